The summed E-state index contributed by atoms with van der Waals surface area (Å²) < 4.78 is 0. The number of allylic oxidation sites excluding steroid dienone is 4. The van der Waals surface area contributed by atoms with Crippen molar-refractivity contribution in [1.29, 1.82) is 0 Å². The Morgan fingerprint density at radius 3 is 1.74 bits per heavy atom. The molecule has 19 heavy (non-hydrogen) atoms. The summed E-state index contributed by atoms with van der Waals surface area (Å²) in [5.41, 5.74) is 4.03. The van der Waals surface area contributed by atoms with Gasteiger partial charge in [-0.1, -0.05) is 78.9 Å². The van der Waals surface area contributed by atoms with Crippen LogP contribution in [-0.4, -0.2) is 0 Å². The maximum Gasteiger partial charge on any atom is 0.0420 e. The lowest BCUT2D eigenvalue weighted by Crippen LogP contribution is -2.25. The second kappa shape index (κ2) is 4.89. The average Bonchev–Trinajstić information content (AvgIpc) is 3.03. The molecule has 0 aromatic heterocycles. The SMILES string of the molecule is CC(C1=CCC=C1)(c1ccccc1)c1ccccc1. The standard InChI is InChI=1S/C19H18/c1-19(18-14-8-9-15-18,16-10-4-2-5-11-16)17-12-6-3-7-13-17/h2-8,10-15H,9H2,1H3. The Morgan fingerprint density at radius 1 is 0.789 bits per heavy atom. The zero-order valence-corrected chi connectivity index (χ0v) is 11.2. The van der Waals surface area contributed by atoms with Gasteiger partial charge in [0.15, 0.2) is 0 Å². The van der Waals surface area contributed by atoms with E-state index in [0.717, 1.165) is 6.42 Å². The van der Waals surface area contributed by atoms with Gasteiger partial charge in [0.25, 0.3) is 0 Å². The van der Waals surface area contributed by atoms with Gasteiger partial charge in [-0.15, -0.1) is 0 Å². The van der Waals surface area contributed by atoms with E-state index in [1.807, 2.05) is 0 Å². The third-order valence-corrected chi connectivity index (χ3v) is 4.05. The summed E-state index contributed by atoms with van der Waals surface area (Å²) in [6, 6.07) is 21.5. The Balaban J connectivity index is 2.19. The lowest BCUT2D eigenvalue weighted by molar-refractivity contribution is 0.692. The molecule has 0 heteroatoms. The summed E-state index contributed by atoms with van der Waals surface area (Å²) in [6.07, 6.45) is 7.88. The second-order valence-electron chi connectivity index (χ2n) is 5.15. The van der Waals surface area contributed by atoms with Crippen molar-refractivity contribution in [3.05, 3.63) is 95.6 Å². The maximum atomic E-state index is 2.33. The van der Waals surface area contributed by atoms with Gasteiger partial charge in [-0.2, -0.15) is 0 Å². The molecule has 94 valence electrons. The molecule has 1 aliphatic rings. The van der Waals surface area contributed by atoms with Gasteiger partial charge in [0.05, 0.1) is 0 Å². The number of rotatable bonds is 3. The van der Waals surface area contributed by atoms with Gasteiger partial charge in [-0.05, 0) is 30.0 Å². The molecule has 2 aromatic rings. The number of benzene rings is 2. The van der Waals surface area contributed by atoms with E-state index >= 15 is 0 Å². The molecular formula is C19H18. The molecule has 0 fully saturated rings. The third-order valence-electron chi connectivity index (χ3n) is 4.05. The van der Waals surface area contributed by atoms with E-state index in [1.54, 1.807) is 0 Å². The van der Waals surface area contributed by atoms with Crippen LogP contribution in [0.5, 0.6) is 0 Å². The van der Waals surface area contributed by atoms with Crippen LogP contribution in [0.2, 0.25) is 0 Å². The maximum absolute atomic E-state index is 2.33. The van der Waals surface area contributed by atoms with Gasteiger partial charge >= 0.3 is 0 Å². The minimum absolute atomic E-state index is 0.0600. The Bertz CT molecular complexity index is 564. The van der Waals surface area contributed by atoms with Gasteiger partial charge in [-0.3, -0.25) is 0 Å². The molecule has 0 radical (unpaired) electrons. The number of hydrogen-bond acceptors (Lipinski definition) is 0. The summed E-state index contributed by atoms with van der Waals surface area (Å²) in [4.78, 5) is 0. The molecule has 0 saturated carbocycles. The predicted molar refractivity (Wildman–Crippen MR) is 81.2 cm³/mol. The highest BCUT2D eigenvalue weighted by Gasteiger charge is 2.32. The summed E-state index contributed by atoms with van der Waals surface area (Å²) >= 11 is 0. The van der Waals surface area contributed by atoms with Crippen LogP contribution in [0.3, 0.4) is 0 Å². The second-order valence-corrected chi connectivity index (χ2v) is 5.15. The molecule has 0 atom stereocenters. The molecule has 0 saturated heterocycles. The van der Waals surface area contributed by atoms with Gasteiger partial charge in [0.1, 0.15) is 0 Å². The van der Waals surface area contributed by atoms with Crippen molar-refractivity contribution >= 4 is 0 Å². The first-order valence-corrected chi connectivity index (χ1v) is 6.80. The molecule has 0 bridgehead atoms. The fourth-order valence-electron chi connectivity index (χ4n) is 2.87. The molecule has 0 amide bonds. The van der Waals surface area contributed by atoms with E-state index < -0.39 is 0 Å². The van der Waals surface area contributed by atoms with Crippen molar-refractivity contribution in [1.82, 2.24) is 0 Å². The van der Waals surface area contributed by atoms with Crippen LogP contribution >= 0.6 is 0 Å². The lowest BCUT2D eigenvalue weighted by Gasteiger charge is -2.32. The zero-order chi connectivity index (χ0) is 13.1. The molecule has 3 rings (SSSR count). The normalized spacial score (nSPS) is 14.5. The largest absolute Gasteiger partial charge is 0.0804 e. The van der Waals surface area contributed by atoms with E-state index in [-0.39, 0.29) is 5.41 Å². The Kier molecular flexibility index (Phi) is 3.08. The molecular weight excluding hydrogens is 228 g/mol. The van der Waals surface area contributed by atoms with Gasteiger partial charge in [-0.25, -0.2) is 0 Å². The fourth-order valence-corrected chi connectivity index (χ4v) is 2.87. The van der Waals surface area contributed by atoms with Crippen LogP contribution in [0, 0.1) is 0 Å². The topological polar surface area (TPSA) is 0 Å². The average molecular weight is 246 g/mol. The smallest absolute Gasteiger partial charge is 0.0420 e. The first-order valence-electron chi connectivity index (χ1n) is 6.80. The summed E-state index contributed by atoms with van der Waals surface area (Å²) in [7, 11) is 0. The third kappa shape index (κ3) is 2.04. The van der Waals surface area contributed by atoms with Crippen molar-refractivity contribution in [3.8, 4) is 0 Å². The molecule has 2 aromatic carbocycles. The number of hydrogen-bond donors (Lipinski definition) is 0. The van der Waals surface area contributed by atoms with Crippen molar-refractivity contribution in [2.45, 2.75) is 18.8 Å². The summed E-state index contributed by atoms with van der Waals surface area (Å²) in [5.74, 6) is 0. The van der Waals surface area contributed by atoms with E-state index in [2.05, 4.69) is 85.8 Å². The quantitative estimate of drug-likeness (QED) is 0.724. The van der Waals surface area contributed by atoms with Crippen molar-refractivity contribution in [3.63, 3.8) is 0 Å². The highest BCUT2D eigenvalue weighted by Crippen LogP contribution is 2.40. The summed E-state index contributed by atoms with van der Waals surface area (Å²) in [6.45, 7) is 2.32. The molecule has 0 aliphatic heterocycles. The minimum Gasteiger partial charge on any atom is -0.0804 e. The van der Waals surface area contributed by atoms with Crippen molar-refractivity contribution in [2.75, 3.05) is 0 Å². The zero-order valence-electron chi connectivity index (χ0n) is 11.2. The Labute approximate surface area is 115 Å². The summed E-state index contributed by atoms with van der Waals surface area (Å²) in [5, 5.41) is 0. The molecule has 0 heterocycles. The first-order chi connectivity index (χ1) is 9.32. The molecule has 0 spiro atoms. The van der Waals surface area contributed by atoms with Gasteiger partial charge in [0.2, 0.25) is 0 Å². The van der Waals surface area contributed by atoms with Gasteiger partial charge in [0, 0.05) is 5.41 Å². The Morgan fingerprint density at radius 2 is 1.32 bits per heavy atom. The van der Waals surface area contributed by atoms with Crippen molar-refractivity contribution < 1.29 is 0 Å². The molecule has 1 aliphatic carbocycles. The van der Waals surface area contributed by atoms with Crippen LogP contribution in [0.25, 0.3) is 0 Å². The lowest BCUT2D eigenvalue weighted by atomic mass is 9.71. The van der Waals surface area contributed by atoms with Crippen LogP contribution in [0.4, 0.5) is 0 Å². The van der Waals surface area contributed by atoms with Crippen LogP contribution in [0.15, 0.2) is 84.5 Å². The highest BCUT2D eigenvalue weighted by atomic mass is 14.3. The molecule has 0 N–H and O–H groups in total. The molecule has 0 nitrogen and oxygen atoms in total. The van der Waals surface area contributed by atoms with E-state index in [1.165, 1.54) is 16.7 Å². The van der Waals surface area contributed by atoms with Crippen molar-refractivity contribution in [2.24, 2.45) is 0 Å². The monoisotopic (exact) mass is 246 g/mol. The fraction of sp³-hybridized carbons (Fsp3) is 0.158. The molecule has 0 unspecified atom stereocenters. The first kappa shape index (κ1) is 12.0. The minimum atomic E-state index is -0.0600. The van der Waals surface area contributed by atoms with Crippen LogP contribution in [0.1, 0.15) is 24.5 Å². The van der Waals surface area contributed by atoms with Crippen LogP contribution in [-0.2, 0) is 5.41 Å². The highest BCUT2D eigenvalue weighted by molar-refractivity contribution is 5.52. The Hall–Kier alpha value is -2.08. The van der Waals surface area contributed by atoms with E-state index in [9.17, 15) is 0 Å². The van der Waals surface area contributed by atoms with Crippen LogP contribution < -0.4 is 0 Å². The van der Waals surface area contributed by atoms with Gasteiger partial charge < -0.3 is 0 Å². The van der Waals surface area contributed by atoms with E-state index in [0.29, 0.717) is 0 Å². The predicted octanol–water partition coefficient (Wildman–Crippen LogP) is 4.88. The van der Waals surface area contributed by atoms with E-state index in [4.69, 9.17) is 0 Å².